The fourth-order valence-corrected chi connectivity index (χ4v) is 2.06. The van der Waals surface area contributed by atoms with Crippen LogP contribution in [-0.2, 0) is 6.61 Å². The molecule has 1 aromatic carbocycles. The van der Waals surface area contributed by atoms with E-state index in [2.05, 4.69) is 15.0 Å². The number of nitrogens with two attached hydrogens (primary N) is 1. The zero-order chi connectivity index (χ0) is 17.1. The van der Waals surface area contributed by atoms with Crippen LogP contribution in [0, 0.1) is 24.0 Å². The topological polar surface area (TPSA) is 120 Å². The molecule has 0 aliphatic carbocycles. The van der Waals surface area contributed by atoms with E-state index in [1.165, 1.54) is 6.07 Å². The summed E-state index contributed by atoms with van der Waals surface area (Å²) < 4.78 is 5.70. The lowest BCUT2D eigenvalue weighted by molar-refractivity contribution is -0.385. The Balaban J connectivity index is 2.28. The second-order valence-electron chi connectivity index (χ2n) is 5.21. The molecular weight excluding hydrogens is 300 g/mol. The minimum Gasteiger partial charge on any atom is -0.485 e. The highest BCUT2D eigenvalue weighted by Gasteiger charge is 2.17. The van der Waals surface area contributed by atoms with E-state index >= 15 is 0 Å². The lowest BCUT2D eigenvalue weighted by atomic mass is 10.1. The van der Waals surface area contributed by atoms with Crippen LogP contribution in [0.25, 0.3) is 0 Å². The molecule has 0 amide bonds. The predicted octanol–water partition coefficient (Wildman–Crippen LogP) is 1.62. The fraction of sp³-hybridized carbons (Fsp3) is 0.357. The van der Waals surface area contributed by atoms with Gasteiger partial charge in [0.1, 0.15) is 12.4 Å². The summed E-state index contributed by atoms with van der Waals surface area (Å²) in [5, 5.41) is 11.0. The van der Waals surface area contributed by atoms with Crippen molar-refractivity contribution >= 4 is 17.6 Å². The highest BCUT2D eigenvalue weighted by Crippen LogP contribution is 2.31. The number of ether oxygens (including phenoxy) is 1. The Morgan fingerprint density at radius 2 is 1.96 bits per heavy atom. The van der Waals surface area contributed by atoms with Gasteiger partial charge in [-0.25, -0.2) is 0 Å². The summed E-state index contributed by atoms with van der Waals surface area (Å²) in [6, 6.07) is 3.11. The summed E-state index contributed by atoms with van der Waals surface area (Å²) in [5.74, 6) is 1.31. The quantitative estimate of drug-likeness (QED) is 0.652. The maximum absolute atomic E-state index is 11.0. The number of rotatable bonds is 5. The molecule has 0 saturated carbocycles. The molecule has 122 valence electrons. The number of nitrogen functional groups attached to an aromatic ring is 1. The molecule has 1 heterocycles. The van der Waals surface area contributed by atoms with Gasteiger partial charge in [-0.1, -0.05) is 0 Å². The molecule has 2 rings (SSSR count). The molecule has 0 aliphatic heterocycles. The fourth-order valence-electron chi connectivity index (χ4n) is 2.06. The third kappa shape index (κ3) is 3.62. The van der Waals surface area contributed by atoms with Crippen molar-refractivity contribution in [1.82, 2.24) is 15.0 Å². The molecule has 0 bridgehead atoms. The SMILES string of the molecule is Cc1ccc([N+](=O)[O-])c(C)c1OCc1nc(N)nc(N(C)C)n1. The van der Waals surface area contributed by atoms with Gasteiger partial charge in [-0.2, -0.15) is 15.0 Å². The van der Waals surface area contributed by atoms with Crippen molar-refractivity contribution in [2.24, 2.45) is 0 Å². The second-order valence-corrected chi connectivity index (χ2v) is 5.21. The Morgan fingerprint density at radius 1 is 1.26 bits per heavy atom. The summed E-state index contributed by atoms with van der Waals surface area (Å²) in [5.41, 5.74) is 6.92. The number of nitro benzene ring substituents is 1. The van der Waals surface area contributed by atoms with Gasteiger partial charge in [-0.15, -0.1) is 0 Å². The molecule has 0 atom stereocenters. The van der Waals surface area contributed by atoms with Crippen LogP contribution in [0.1, 0.15) is 17.0 Å². The van der Waals surface area contributed by atoms with Gasteiger partial charge in [-0.05, 0) is 25.5 Å². The third-order valence-electron chi connectivity index (χ3n) is 3.20. The van der Waals surface area contributed by atoms with Crippen LogP contribution < -0.4 is 15.4 Å². The van der Waals surface area contributed by atoms with Gasteiger partial charge in [0.15, 0.2) is 5.82 Å². The molecular formula is C14H18N6O3. The number of hydrogen-bond acceptors (Lipinski definition) is 8. The first kappa shape index (κ1) is 16.4. The van der Waals surface area contributed by atoms with Crippen molar-refractivity contribution in [3.63, 3.8) is 0 Å². The zero-order valence-corrected chi connectivity index (χ0v) is 13.4. The van der Waals surface area contributed by atoms with Crippen LogP contribution >= 0.6 is 0 Å². The van der Waals surface area contributed by atoms with Gasteiger partial charge in [0.25, 0.3) is 5.69 Å². The van der Waals surface area contributed by atoms with Gasteiger partial charge >= 0.3 is 0 Å². The van der Waals surface area contributed by atoms with Crippen LogP contribution in [0.2, 0.25) is 0 Å². The minimum absolute atomic E-state index is 0.00902. The van der Waals surface area contributed by atoms with E-state index in [1.54, 1.807) is 32.0 Å². The summed E-state index contributed by atoms with van der Waals surface area (Å²) in [4.78, 5) is 24.5. The Hall–Kier alpha value is -2.97. The van der Waals surface area contributed by atoms with Crippen LogP contribution in [0.3, 0.4) is 0 Å². The molecule has 0 unspecified atom stereocenters. The summed E-state index contributed by atoms with van der Waals surface area (Å²) in [6.45, 7) is 3.50. The largest absolute Gasteiger partial charge is 0.485 e. The van der Waals surface area contributed by atoms with Crippen LogP contribution in [0.15, 0.2) is 12.1 Å². The monoisotopic (exact) mass is 318 g/mol. The van der Waals surface area contributed by atoms with Gasteiger partial charge < -0.3 is 15.4 Å². The van der Waals surface area contributed by atoms with Crippen molar-refractivity contribution < 1.29 is 9.66 Å². The van der Waals surface area contributed by atoms with E-state index in [1.807, 2.05) is 6.92 Å². The van der Waals surface area contributed by atoms with Crippen LogP contribution in [-0.4, -0.2) is 34.0 Å². The standard InChI is InChI=1S/C14H18N6O3/c1-8-5-6-10(20(21)22)9(2)12(8)23-7-11-16-13(15)18-14(17-11)19(3)4/h5-6H,7H2,1-4H3,(H2,15,16,17,18). The van der Waals surface area contributed by atoms with Crippen molar-refractivity contribution in [2.75, 3.05) is 24.7 Å². The molecule has 2 aromatic rings. The Labute approximate surface area is 133 Å². The number of nitro groups is 1. The van der Waals surface area contributed by atoms with E-state index in [4.69, 9.17) is 10.5 Å². The van der Waals surface area contributed by atoms with Crippen molar-refractivity contribution in [3.8, 4) is 5.75 Å². The molecule has 0 spiro atoms. The van der Waals surface area contributed by atoms with E-state index < -0.39 is 4.92 Å². The number of aryl methyl sites for hydroxylation is 1. The number of aromatic nitrogens is 3. The predicted molar refractivity (Wildman–Crippen MR) is 85.5 cm³/mol. The molecule has 1 aromatic heterocycles. The third-order valence-corrected chi connectivity index (χ3v) is 3.20. The van der Waals surface area contributed by atoms with Crippen molar-refractivity contribution in [2.45, 2.75) is 20.5 Å². The van der Waals surface area contributed by atoms with Crippen LogP contribution in [0.4, 0.5) is 17.6 Å². The first-order chi connectivity index (χ1) is 10.8. The molecule has 0 aliphatic rings. The van der Waals surface area contributed by atoms with Crippen molar-refractivity contribution in [1.29, 1.82) is 0 Å². The molecule has 23 heavy (non-hydrogen) atoms. The van der Waals surface area contributed by atoms with E-state index in [9.17, 15) is 10.1 Å². The van der Waals surface area contributed by atoms with E-state index in [0.29, 0.717) is 23.1 Å². The van der Waals surface area contributed by atoms with E-state index in [0.717, 1.165) is 5.56 Å². The zero-order valence-electron chi connectivity index (χ0n) is 13.4. The average Bonchev–Trinajstić information content (AvgIpc) is 2.46. The van der Waals surface area contributed by atoms with Gasteiger partial charge in [-0.3, -0.25) is 10.1 Å². The smallest absolute Gasteiger partial charge is 0.276 e. The molecule has 0 fully saturated rings. The molecule has 0 saturated heterocycles. The van der Waals surface area contributed by atoms with Crippen LogP contribution in [0.5, 0.6) is 5.75 Å². The molecule has 0 radical (unpaired) electrons. The van der Waals surface area contributed by atoms with Gasteiger partial charge in [0, 0.05) is 20.2 Å². The summed E-state index contributed by atoms with van der Waals surface area (Å²) >= 11 is 0. The molecule has 9 nitrogen and oxygen atoms in total. The number of benzene rings is 1. The summed E-state index contributed by atoms with van der Waals surface area (Å²) in [7, 11) is 3.57. The first-order valence-electron chi connectivity index (χ1n) is 6.84. The number of nitrogens with zero attached hydrogens (tertiary/aromatic N) is 5. The molecule has 2 N–H and O–H groups in total. The van der Waals surface area contributed by atoms with E-state index in [-0.39, 0.29) is 18.2 Å². The lowest BCUT2D eigenvalue weighted by Crippen LogP contribution is -2.17. The maximum Gasteiger partial charge on any atom is 0.276 e. The van der Waals surface area contributed by atoms with Gasteiger partial charge in [0.2, 0.25) is 11.9 Å². The average molecular weight is 318 g/mol. The normalized spacial score (nSPS) is 10.4. The Morgan fingerprint density at radius 3 is 2.57 bits per heavy atom. The number of anilines is 2. The lowest BCUT2D eigenvalue weighted by Gasteiger charge is -2.14. The molecule has 9 heteroatoms. The highest BCUT2D eigenvalue weighted by molar-refractivity contribution is 5.52. The number of hydrogen-bond donors (Lipinski definition) is 1. The second kappa shape index (κ2) is 6.42. The van der Waals surface area contributed by atoms with Gasteiger partial charge in [0.05, 0.1) is 10.5 Å². The Kier molecular flexibility index (Phi) is 4.58. The first-order valence-corrected chi connectivity index (χ1v) is 6.84. The Bertz CT molecular complexity index is 748. The summed E-state index contributed by atoms with van der Waals surface area (Å²) in [6.07, 6.45) is 0. The van der Waals surface area contributed by atoms with Crippen molar-refractivity contribution in [3.05, 3.63) is 39.2 Å². The maximum atomic E-state index is 11.0. The minimum atomic E-state index is -0.438. The highest BCUT2D eigenvalue weighted by atomic mass is 16.6.